The maximum absolute atomic E-state index is 4.56. The SMILES string of the molecule is CC1=C(C)CCC(c2cc(-c3ccccc3)ccn2)=C1. The van der Waals surface area contributed by atoms with Gasteiger partial charge in [0.25, 0.3) is 0 Å². The second-order valence-electron chi connectivity index (χ2n) is 5.43. The minimum Gasteiger partial charge on any atom is -0.257 e. The van der Waals surface area contributed by atoms with Gasteiger partial charge in [-0.3, -0.25) is 4.98 Å². The first-order chi connectivity index (χ1) is 9.74. The molecule has 0 aliphatic heterocycles. The van der Waals surface area contributed by atoms with Gasteiger partial charge < -0.3 is 0 Å². The fraction of sp³-hybridized carbons (Fsp3) is 0.211. The van der Waals surface area contributed by atoms with Crippen molar-refractivity contribution < 1.29 is 0 Å². The zero-order valence-electron chi connectivity index (χ0n) is 12.1. The lowest BCUT2D eigenvalue weighted by Gasteiger charge is -2.16. The Labute approximate surface area is 120 Å². The van der Waals surface area contributed by atoms with Crippen LogP contribution >= 0.6 is 0 Å². The van der Waals surface area contributed by atoms with Gasteiger partial charge in [0.15, 0.2) is 0 Å². The topological polar surface area (TPSA) is 12.9 Å². The molecule has 1 aliphatic carbocycles. The number of pyridine rings is 1. The van der Waals surface area contributed by atoms with E-state index in [-0.39, 0.29) is 0 Å². The molecule has 2 aromatic rings. The van der Waals surface area contributed by atoms with Crippen molar-refractivity contribution in [1.82, 2.24) is 4.98 Å². The summed E-state index contributed by atoms with van der Waals surface area (Å²) < 4.78 is 0. The van der Waals surface area contributed by atoms with E-state index in [9.17, 15) is 0 Å². The Morgan fingerprint density at radius 3 is 2.45 bits per heavy atom. The molecule has 0 saturated carbocycles. The summed E-state index contributed by atoms with van der Waals surface area (Å²) in [7, 11) is 0. The first-order valence-corrected chi connectivity index (χ1v) is 7.13. The Kier molecular flexibility index (Phi) is 3.51. The fourth-order valence-corrected chi connectivity index (χ4v) is 2.59. The van der Waals surface area contributed by atoms with Gasteiger partial charge in [-0.05, 0) is 55.5 Å². The number of hydrogen-bond donors (Lipinski definition) is 0. The van der Waals surface area contributed by atoms with Crippen molar-refractivity contribution in [1.29, 1.82) is 0 Å². The Morgan fingerprint density at radius 2 is 1.70 bits per heavy atom. The van der Waals surface area contributed by atoms with E-state index in [1.54, 1.807) is 0 Å². The lowest BCUT2D eigenvalue weighted by Crippen LogP contribution is -1.97. The number of benzene rings is 1. The van der Waals surface area contributed by atoms with Gasteiger partial charge >= 0.3 is 0 Å². The second kappa shape index (κ2) is 5.46. The van der Waals surface area contributed by atoms with Gasteiger partial charge in [0, 0.05) is 6.20 Å². The summed E-state index contributed by atoms with van der Waals surface area (Å²) in [6, 6.07) is 14.8. The van der Waals surface area contributed by atoms with Crippen LogP contribution in [-0.4, -0.2) is 4.98 Å². The van der Waals surface area contributed by atoms with Crippen molar-refractivity contribution in [2.45, 2.75) is 26.7 Å². The zero-order chi connectivity index (χ0) is 13.9. The molecular formula is C19H19N. The van der Waals surface area contributed by atoms with Crippen molar-refractivity contribution >= 4 is 5.57 Å². The van der Waals surface area contributed by atoms with Crippen LogP contribution in [0.2, 0.25) is 0 Å². The van der Waals surface area contributed by atoms with Gasteiger partial charge in [-0.25, -0.2) is 0 Å². The van der Waals surface area contributed by atoms with Crippen molar-refractivity contribution in [2.75, 3.05) is 0 Å². The Balaban J connectivity index is 1.99. The van der Waals surface area contributed by atoms with Crippen molar-refractivity contribution in [2.24, 2.45) is 0 Å². The molecule has 1 aromatic carbocycles. The van der Waals surface area contributed by atoms with Crippen LogP contribution in [-0.2, 0) is 0 Å². The molecule has 0 unspecified atom stereocenters. The van der Waals surface area contributed by atoms with Crippen LogP contribution in [0, 0.1) is 0 Å². The predicted molar refractivity (Wildman–Crippen MR) is 85.3 cm³/mol. The van der Waals surface area contributed by atoms with Crippen LogP contribution < -0.4 is 0 Å². The van der Waals surface area contributed by atoms with Crippen molar-refractivity contribution in [3.63, 3.8) is 0 Å². The van der Waals surface area contributed by atoms with Crippen LogP contribution in [0.4, 0.5) is 0 Å². The number of rotatable bonds is 2. The number of allylic oxidation sites excluding steroid dienone is 4. The molecule has 1 heterocycles. The van der Waals surface area contributed by atoms with E-state index >= 15 is 0 Å². The normalized spacial score (nSPS) is 15.2. The second-order valence-corrected chi connectivity index (χ2v) is 5.43. The van der Waals surface area contributed by atoms with Crippen LogP contribution in [0.3, 0.4) is 0 Å². The third-order valence-electron chi connectivity index (χ3n) is 4.03. The summed E-state index contributed by atoms with van der Waals surface area (Å²) in [4.78, 5) is 4.56. The van der Waals surface area contributed by atoms with Gasteiger partial charge in [-0.1, -0.05) is 47.6 Å². The molecule has 0 spiro atoms. The van der Waals surface area contributed by atoms with Gasteiger partial charge in [0.1, 0.15) is 0 Å². The summed E-state index contributed by atoms with van der Waals surface area (Å²) in [5, 5.41) is 0. The minimum atomic E-state index is 1.09. The maximum atomic E-state index is 4.56. The van der Waals surface area contributed by atoms with Crippen molar-refractivity contribution in [3.05, 3.63) is 71.6 Å². The van der Waals surface area contributed by atoms with Crippen molar-refractivity contribution in [3.8, 4) is 11.1 Å². The molecule has 1 aromatic heterocycles. The average Bonchev–Trinajstić information content (AvgIpc) is 2.51. The molecule has 100 valence electrons. The highest BCUT2D eigenvalue weighted by atomic mass is 14.7. The Morgan fingerprint density at radius 1 is 0.900 bits per heavy atom. The highest BCUT2D eigenvalue weighted by Crippen LogP contribution is 2.30. The van der Waals surface area contributed by atoms with E-state index in [0.717, 1.165) is 18.5 Å². The van der Waals surface area contributed by atoms with E-state index in [1.165, 1.54) is 27.8 Å². The number of hydrogen-bond acceptors (Lipinski definition) is 1. The van der Waals surface area contributed by atoms with E-state index in [2.05, 4.69) is 61.3 Å². The molecule has 20 heavy (non-hydrogen) atoms. The number of aromatic nitrogens is 1. The van der Waals surface area contributed by atoms with Gasteiger partial charge in [-0.2, -0.15) is 0 Å². The maximum Gasteiger partial charge on any atom is 0.0667 e. The quantitative estimate of drug-likeness (QED) is 0.718. The predicted octanol–water partition coefficient (Wildman–Crippen LogP) is 5.26. The summed E-state index contributed by atoms with van der Waals surface area (Å²) in [5.41, 5.74) is 7.83. The molecule has 0 fully saturated rings. The van der Waals surface area contributed by atoms with E-state index in [1.807, 2.05) is 12.3 Å². The van der Waals surface area contributed by atoms with E-state index in [4.69, 9.17) is 0 Å². The summed E-state index contributed by atoms with van der Waals surface area (Å²) in [6.07, 6.45) is 6.44. The molecular weight excluding hydrogens is 242 g/mol. The molecule has 0 amide bonds. The zero-order valence-corrected chi connectivity index (χ0v) is 12.1. The van der Waals surface area contributed by atoms with Crippen LogP contribution in [0.25, 0.3) is 16.7 Å². The number of nitrogens with zero attached hydrogens (tertiary/aromatic N) is 1. The van der Waals surface area contributed by atoms with Crippen LogP contribution in [0.1, 0.15) is 32.4 Å². The summed E-state index contributed by atoms with van der Waals surface area (Å²) >= 11 is 0. The smallest absolute Gasteiger partial charge is 0.0667 e. The van der Waals surface area contributed by atoms with E-state index < -0.39 is 0 Å². The highest BCUT2D eigenvalue weighted by Gasteiger charge is 2.11. The Bertz CT molecular complexity index is 678. The summed E-state index contributed by atoms with van der Waals surface area (Å²) in [5.74, 6) is 0. The molecule has 3 rings (SSSR count). The first kappa shape index (κ1) is 12.9. The standard InChI is InChI=1S/C19H19N/c1-14-8-9-18(12-15(14)2)19-13-17(10-11-20-19)16-6-4-3-5-7-16/h3-7,10-13H,8-9H2,1-2H3. The molecule has 1 aliphatic rings. The molecule has 0 N–H and O–H groups in total. The molecule has 0 bridgehead atoms. The molecule has 1 nitrogen and oxygen atoms in total. The molecule has 0 atom stereocenters. The monoisotopic (exact) mass is 261 g/mol. The molecule has 1 heteroatoms. The third kappa shape index (κ3) is 2.57. The van der Waals surface area contributed by atoms with E-state index in [0.29, 0.717) is 0 Å². The average molecular weight is 261 g/mol. The fourth-order valence-electron chi connectivity index (χ4n) is 2.59. The Hall–Kier alpha value is -2.15. The van der Waals surface area contributed by atoms with Gasteiger partial charge in [0.05, 0.1) is 5.69 Å². The first-order valence-electron chi connectivity index (χ1n) is 7.13. The van der Waals surface area contributed by atoms with Gasteiger partial charge in [0.2, 0.25) is 0 Å². The lowest BCUT2D eigenvalue weighted by atomic mass is 9.91. The lowest BCUT2D eigenvalue weighted by molar-refractivity contribution is 0.947. The highest BCUT2D eigenvalue weighted by molar-refractivity contribution is 5.72. The largest absolute Gasteiger partial charge is 0.257 e. The van der Waals surface area contributed by atoms with Crippen LogP contribution in [0.5, 0.6) is 0 Å². The van der Waals surface area contributed by atoms with Crippen LogP contribution in [0.15, 0.2) is 65.9 Å². The molecule has 0 saturated heterocycles. The summed E-state index contributed by atoms with van der Waals surface area (Å²) in [6.45, 7) is 4.41. The minimum absolute atomic E-state index is 1.09. The van der Waals surface area contributed by atoms with Gasteiger partial charge in [-0.15, -0.1) is 0 Å². The molecule has 0 radical (unpaired) electrons. The third-order valence-corrected chi connectivity index (χ3v) is 4.03.